The second-order valence-electron chi connectivity index (χ2n) is 10.7. The minimum absolute atomic E-state index is 0.00917. The molecule has 2 aromatic rings. The van der Waals surface area contributed by atoms with Gasteiger partial charge in [0.05, 0.1) is 69.4 Å². The van der Waals surface area contributed by atoms with E-state index < -0.39 is 66.7 Å². The van der Waals surface area contributed by atoms with Crippen LogP contribution in [0.1, 0.15) is 70.6 Å². The molecule has 20 heteroatoms. The van der Waals surface area contributed by atoms with Crippen LogP contribution in [0.3, 0.4) is 0 Å². The van der Waals surface area contributed by atoms with Crippen LogP contribution in [0.25, 0.3) is 0 Å². The Labute approximate surface area is 277 Å². The van der Waals surface area contributed by atoms with Crippen molar-refractivity contribution in [3.63, 3.8) is 0 Å². The van der Waals surface area contributed by atoms with E-state index in [2.05, 4.69) is 4.74 Å². The lowest BCUT2D eigenvalue weighted by Crippen LogP contribution is -2.55. The van der Waals surface area contributed by atoms with E-state index >= 15 is 0 Å². The largest absolute Gasteiger partial charge is 0.481 e. The normalized spacial score (nSPS) is 11.5. The van der Waals surface area contributed by atoms with Crippen molar-refractivity contribution >= 4 is 29.8 Å². The number of nitrogens with zero attached hydrogens (tertiary/aromatic N) is 3. The van der Waals surface area contributed by atoms with Gasteiger partial charge < -0.3 is 45.6 Å². The van der Waals surface area contributed by atoms with Crippen LogP contribution in [0.2, 0.25) is 0 Å². The Kier molecular flexibility index (Phi) is 19.5. The standard InChI is InChI=1S/C9H15N3O6.C9H4O5.C6H10O4.C5H12O2/c13-4-1-10-7(16)11(2-5-14)9(18)12(3-6-15)8(10)17;10-7(11)4-1-2-5-6(3-4)9(13)14-8(5)12;7-5(8)3-1-2-4-6(9)10;1-5(2,3-6)4-7/h13-15H,1-6H2;1-3H,(H,10,11);1-4H2,(H,7,8)(H,9,10);6-7H,3-4H2,1-2H3. The van der Waals surface area contributed by atoms with Crippen LogP contribution < -0.4 is 17.1 Å². The summed E-state index contributed by atoms with van der Waals surface area (Å²) in [5.41, 5.74) is -2.89. The van der Waals surface area contributed by atoms with Crippen molar-refractivity contribution in [3.8, 4) is 0 Å². The highest BCUT2D eigenvalue weighted by Gasteiger charge is 2.30. The number of aliphatic hydroxyl groups is 5. The molecule has 3 rings (SSSR count). The van der Waals surface area contributed by atoms with Crippen LogP contribution in [-0.4, -0.2) is 117 Å². The maximum atomic E-state index is 11.8. The van der Waals surface area contributed by atoms with E-state index in [1.54, 1.807) is 13.8 Å². The maximum Gasteiger partial charge on any atom is 0.346 e. The molecule has 0 atom stereocenters. The number of carboxylic acids is 3. The second-order valence-corrected chi connectivity index (χ2v) is 10.7. The lowest BCUT2D eigenvalue weighted by molar-refractivity contribution is -0.139. The number of carbonyl (C=O) groups excluding carboxylic acids is 2. The van der Waals surface area contributed by atoms with E-state index in [4.69, 9.17) is 40.9 Å². The van der Waals surface area contributed by atoms with Crippen LogP contribution in [-0.2, 0) is 34.0 Å². The number of hydrogen-bond acceptors (Lipinski definition) is 14. The van der Waals surface area contributed by atoms with Gasteiger partial charge in [0.25, 0.3) is 0 Å². The molecule has 1 aromatic heterocycles. The number of esters is 2. The Morgan fingerprint density at radius 2 is 1.00 bits per heavy atom. The van der Waals surface area contributed by atoms with Crippen molar-refractivity contribution in [1.82, 2.24) is 13.7 Å². The number of ether oxygens (including phenoxy) is 1. The summed E-state index contributed by atoms with van der Waals surface area (Å²) >= 11 is 0. The van der Waals surface area contributed by atoms with Crippen LogP contribution in [0.15, 0.2) is 32.6 Å². The van der Waals surface area contributed by atoms with Crippen molar-refractivity contribution in [2.45, 2.75) is 59.2 Å². The monoisotopic (exact) mass is 703 g/mol. The van der Waals surface area contributed by atoms with Gasteiger partial charge in [-0.05, 0) is 31.0 Å². The number of hydrogen-bond donors (Lipinski definition) is 8. The van der Waals surface area contributed by atoms with E-state index in [0.29, 0.717) is 26.5 Å². The number of aromatic carboxylic acids is 1. The van der Waals surface area contributed by atoms with Gasteiger partial charge in [0, 0.05) is 18.3 Å². The first-order chi connectivity index (χ1) is 22.9. The smallest absolute Gasteiger partial charge is 0.346 e. The molecule has 0 bridgehead atoms. The number of unbranched alkanes of at least 4 members (excludes halogenated alkanes) is 1. The first-order valence-corrected chi connectivity index (χ1v) is 14.5. The first-order valence-electron chi connectivity index (χ1n) is 14.5. The zero-order valence-electron chi connectivity index (χ0n) is 26.8. The fourth-order valence-corrected chi connectivity index (χ4v) is 3.38. The number of carbonyl (C=O) groups is 5. The molecule has 0 saturated heterocycles. The average Bonchev–Trinajstić information content (AvgIpc) is 3.34. The fourth-order valence-electron chi connectivity index (χ4n) is 3.38. The fraction of sp³-hybridized carbons (Fsp3) is 0.517. The molecule has 2 heterocycles. The molecule has 0 spiro atoms. The molecular formula is C29H41N3O17. The van der Waals surface area contributed by atoms with E-state index in [-0.39, 0.29) is 67.8 Å². The quantitative estimate of drug-likeness (QED) is 0.0575. The molecule has 0 unspecified atom stereocenters. The van der Waals surface area contributed by atoms with E-state index in [1.165, 1.54) is 12.1 Å². The highest BCUT2D eigenvalue weighted by atomic mass is 16.6. The molecule has 0 radical (unpaired) electrons. The summed E-state index contributed by atoms with van der Waals surface area (Å²) in [4.78, 5) is 87.7. The molecular weight excluding hydrogens is 662 g/mol. The van der Waals surface area contributed by atoms with E-state index in [1.807, 2.05) is 0 Å². The number of fused-ring (bicyclic) bond motifs is 1. The summed E-state index contributed by atoms with van der Waals surface area (Å²) < 4.78 is 6.36. The van der Waals surface area contributed by atoms with Gasteiger partial charge in [-0.3, -0.25) is 9.59 Å². The summed E-state index contributed by atoms with van der Waals surface area (Å²) in [5.74, 6) is -4.43. The van der Waals surface area contributed by atoms with Gasteiger partial charge in [0.2, 0.25) is 0 Å². The molecule has 1 aliphatic heterocycles. The minimum atomic E-state index is -1.15. The Balaban J connectivity index is 0.000000664. The summed E-state index contributed by atoms with van der Waals surface area (Å²) in [6.07, 6.45) is 1.02. The number of rotatable bonds is 14. The van der Waals surface area contributed by atoms with Crippen molar-refractivity contribution in [2.75, 3.05) is 33.0 Å². The Bertz CT molecular complexity index is 1490. The van der Waals surface area contributed by atoms with Gasteiger partial charge in [-0.25, -0.2) is 42.5 Å². The maximum absolute atomic E-state index is 11.8. The number of aliphatic carboxylic acids is 2. The van der Waals surface area contributed by atoms with Crippen molar-refractivity contribution < 1.29 is 69.6 Å². The van der Waals surface area contributed by atoms with Crippen molar-refractivity contribution in [1.29, 1.82) is 0 Å². The molecule has 0 aliphatic carbocycles. The summed E-state index contributed by atoms with van der Waals surface area (Å²) in [7, 11) is 0. The molecule has 1 aliphatic rings. The van der Waals surface area contributed by atoms with E-state index in [9.17, 15) is 38.4 Å². The zero-order chi connectivity index (χ0) is 37.9. The summed E-state index contributed by atoms with van der Waals surface area (Å²) in [6, 6.07) is 3.65. The summed E-state index contributed by atoms with van der Waals surface area (Å²) in [5, 5.41) is 68.1. The highest BCUT2D eigenvalue weighted by Crippen LogP contribution is 2.21. The van der Waals surface area contributed by atoms with Gasteiger partial charge >= 0.3 is 46.9 Å². The molecule has 0 saturated carbocycles. The predicted octanol–water partition coefficient (Wildman–Crippen LogP) is -2.44. The van der Waals surface area contributed by atoms with Crippen molar-refractivity contribution in [3.05, 3.63) is 66.3 Å². The molecule has 1 aromatic carbocycles. The number of cyclic esters (lactones) is 2. The number of carboxylic acid groups (broad SMARTS) is 3. The Morgan fingerprint density at radius 3 is 1.29 bits per heavy atom. The third-order valence-corrected chi connectivity index (χ3v) is 6.14. The predicted molar refractivity (Wildman–Crippen MR) is 165 cm³/mol. The minimum Gasteiger partial charge on any atom is -0.481 e. The topological polar surface area (TPSA) is 322 Å². The number of aromatic nitrogens is 3. The SMILES string of the molecule is CC(C)(CO)CO.O=C(O)CCCCC(=O)O.O=C(O)c1ccc2c(c1)C(=O)OC2=O.O=c1n(CCO)c(=O)n(CCO)c(=O)n1CCO. The van der Waals surface area contributed by atoms with Crippen molar-refractivity contribution in [2.24, 2.45) is 5.41 Å². The van der Waals surface area contributed by atoms with Crippen LogP contribution in [0.4, 0.5) is 0 Å². The van der Waals surface area contributed by atoms with Crippen LogP contribution >= 0.6 is 0 Å². The average molecular weight is 704 g/mol. The van der Waals surface area contributed by atoms with E-state index in [0.717, 1.165) is 6.07 Å². The van der Waals surface area contributed by atoms with Gasteiger partial charge in [0.1, 0.15) is 0 Å². The Morgan fingerprint density at radius 1 is 0.633 bits per heavy atom. The third kappa shape index (κ3) is 14.7. The number of aliphatic hydroxyl groups excluding tert-OH is 5. The lowest BCUT2D eigenvalue weighted by atomic mass is 9.97. The van der Waals surface area contributed by atoms with Crippen LogP contribution in [0.5, 0.6) is 0 Å². The van der Waals surface area contributed by atoms with Crippen LogP contribution in [0, 0.1) is 5.41 Å². The molecule has 20 nitrogen and oxygen atoms in total. The molecule has 0 fully saturated rings. The van der Waals surface area contributed by atoms with Gasteiger partial charge in [-0.2, -0.15) is 0 Å². The molecule has 274 valence electrons. The molecule has 49 heavy (non-hydrogen) atoms. The first kappa shape index (κ1) is 44.0. The number of benzene rings is 1. The van der Waals surface area contributed by atoms with Gasteiger partial charge in [0.15, 0.2) is 0 Å². The van der Waals surface area contributed by atoms with Gasteiger partial charge in [-0.15, -0.1) is 0 Å². The lowest BCUT2D eigenvalue weighted by Gasteiger charge is -2.16. The zero-order valence-corrected chi connectivity index (χ0v) is 26.8. The molecule has 8 N–H and O–H groups in total. The highest BCUT2D eigenvalue weighted by molar-refractivity contribution is 6.15. The van der Waals surface area contributed by atoms with Gasteiger partial charge in [-0.1, -0.05) is 13.8 Å². The summed E-state index contributed by atoms with van der Waals surface area (Å²) in [6.45, 7) is 1.61. The Hall–Kier alpha value is -5.02. The third-order valence-electron chi connectivity index (χ3n) is 6.14. The second kappa shape index (κ2) is 21.8. The molecule has 0 amide bonds.